The van der Waals surface area contributed by atoms with Crippen LogP contribution in [-0.2, 0) is 17.9 Å². The Balaban J connectivity index is 2.40. The van der Waals surface area contributed by atoms with Crippen LogP contribution in [0, 0.1) is 6.92 Å². The minimum atomic E-state index is -1.19. The van der Waals surface area contributed by atoms with Crippen molar-refractivity contribution in [3.05, 3.63) is 44.7 Å². The lowest BCUT2D eigenvalue weighted by Gasteiger charge is -2.25. The van der Waals surface area contributed by atoms with E-state index >= 15 is 0 Å². The van der Waals surface area contributed by atoms with Gasteiger partial charge in [-0.05, 0) is 18.4 Å². The summed E-state index contributed by atoms with van der Waals surface area (Å²) in [6, 6.07) is 3.69. The Bertz CT molecular complexity index is 731. The van der Waals surface area contributed by atoms with Gasteiger partial charge in [-0.3, -0.25) is 4.79 Å². The van der Waals surface area contributed by atoms with Gasteiger partial charge in [-0.25, -0.2) is 4.79 Å². The number of pyridine rings is 1. The standard InChI is InChI=1S/C14H13NO4S/c1-8-11(10-3-2-6-20-10)13(16)12(14(17)18)9-7-19-5-4-15(8)9/h2-3,6H,4-5,7H2,1H3,(H,17,18). The number of rotatable bonds is 2. The van der Waals surface area contributed by atoms with E-state index < -0.39 is 11.4 Å². The monoisotopic (exact) mass is 291 g/mol. The zero-order valence-electron chi connectivity index (χ0n) is 10.9. The number of aromatic nitrogens is 1. The lowest BCUT2D eigenvalue weighted by atomic mass is 10.0. The Morgan fingerprint density at radius 3 is 2.95 bits per heavy atom. The number of nitrogens with zero attached hydrogens (tertiary/aromatic N) is 1. The largest absolute Gasteiger partial charge is 0.477 e. The van der Waals surface area contributed by atoms with Crippen LogP contribution in [0.3, 0.4) is 0 Å². The first-order valence-corrected chi connectivity index (χ1v) is 7.10. The van der Waals surface area contributed by atoms with Crippen LogP contribution in [0.4, 0.5) is 0 Å². The van der Waals surface area contributed by atoms with Gasteiger partial charge in [-0.15, -0.1) is 11.3 Å². The van der Waals surface area contributed by atoms with Crippen LogP contribution in [0.5, 0.6) is 0 Å². The summed E-state index contributed by atoms with van der Waals surface area (Å²) in [6.45, 7) is 3.12. The van der Waals surface area contributed by atoms with E-state index in [9.17, 15) is 14.7 Å². The fraction of sp³-hybridized carbons (Fsp3) is 0.286. The van der Waals surface area contributed by atoms with E-state index in [1.807, 2.05) is 29.0 Å². The molecular weight excluding hydrogens is 278 g/mol. The van der Waals surface area contributed by atoms with Crippen LogP contribution in [-0.4, -0.2) is 22.2 Å². The molecule has 0 atom stereocenters. The van der Waals surface area contributed by atoms with E-state index in [-0.39, 0.29) is 12.2 Å². The molecule has 0 saturated heterocycles. The minimum absolute atomic E-state index is 0.168. The second-order valence-corrected chi connectivity index (χ2v) is 5.55. The molecule has 0 bridgehead atoms. The maximum absolute atomic E-state index is 12.6. The summed E-state index contributed by atoms with van der Waals surface area (Å²) in [5, 5.41) is 11.2. The topological polar surface area (TPSA) is 68.5 Å². The summed E-state index contributed by atoms with van der Waals surface area (Å²) in [6.07, 6.45) is 0. The van der Waals surface area contributed by atoms with Crippen molar-refractivity contribution >= 4 is 17.3 Å². The molecule has 6 heteroatoms. The lowest BCUT2D eigenvalue weighted by molar-refractivity contribution is 0.0648. The van der Waals surface area contributed by atoms with Crippen molar-refractivity contribution in [1.29, 1.82) is 0 Å². The van der Waals surface area contributed by atoms with Crippen LogP contribution in [0.25, 0.3) is 10.4 Å². The van der Waals surface area contributed by atoms with E-state index in [2.05, 4.69) is 0 Å². The van der Waals surface area contributed by atoms with Gasteiger partial charge in [-0.1, -0.05) is 6.07 Å². The van der Waals surface area contributed by atoms with Gasteiger partial charge in [0.1, 0.15) is 5.56 Å². The van der Waals surface area contributed by atoms with Crippen LogP contribution >= 0.6 is 11.3 Å². The summed E-state index contributed by atoms with van der Waals surface area (Å²) < 4.78 is 7.20. The molecule has 5 nitrogen and oxygen atoms in total. The first-order valence-electron chi connectivity index (χ1n) is 6.22. The van der Waals surface area contributed by atoms with Gasteiger partial charge in [0.2, 0.25) is 5.43 Å². The molecule has 0 unspecified atom stereocenters. The van der Waals surface area contributed by atoms with Gasteiger partial charge in [0, 0.05) is 17.1 Å². The van der Waals surface area contributed by atoms with Gasteiger partial charge in [0.25, 0.3) is 0 Å². The van der Waals surface area contributed by atoms with Gasteiger partial charge in [-0.2, -0.15) is 0 Å². The minimum Gasteiger partial charge on any atom is -0.477 e. The average Bonchev–Trinajstić information content (AvgIpc) is 2.92. The van der Waals surface area contributed by atoms with Crippen LogP contribution < -0.4 is 5.43 Å². The molecule has 0 aliphatic carbocycles. The fourth-order valence-corrected chi connectivity index (χ4v) is 3.42. The average molecular weight is 291 g/mol. The third-order valence-corrected chi connectivity index (χ3v) is 4.40. The Kier molecular flexibility index (Phi) is 3.19. The number of hydrogen-bond donors (Lipinski definition) is 1. The molecule has 0 spiro atoms. The van der Waals surface area contributed by atoms with E-state index in [0.29, 0.717) is 24.4 Å². The Morgan fingerprint density at radius 1 is 1.50 bits per heavy atom. The fourth-order valence-electron chi connectivity index (χ4n) is 2.60. The normalized spacial score (nSPS) is 14.1. The van der Waals surface area contributed by atoms with Crippen molar-refractivity contribution in [2.75, 3.05) is 6.61 Å². The second kappa shape index (κ2) is 4.88. The van der Waals surface area contributed by atoms with Gasteiger partial charge in [0.05, 0.1) is 24.5 Å². The van der Waals surface area contributed by atoms with Crippen molar-refractivity contribution in [3.63, 3.8) is 0 Å². The number of carbonyl (C=O) groups is 1. The highest BCUT2D eigenvalue weighted by Gasteiger charge is 2.26. The third-order valence-electron chi connectivity index (χ3n) is 3.51. The Morgan fingerprint density at radius 2 is 2.30 bits per heavy atom. The summed E-state index contributed by atoms with van der Waals surface area (Å²) in [4.78, 5) is 24.8. The zero-order chi connectivity index (χ0) is 14.3. The van der Waals surface area contributed by atoms with Crippen molar-refractivity contribution in [2.24, 2.45) is 0 Å². The lowest BCUT2D eigenvalue weighted by Crippen LogP contribution is -2.31. The van der Waals surface area contributed by atoms with Gasteiger partial charge < -0.3 is 14.4 Å². The molecule has 0 saturated carbocycles. The summed E-state index contributed by atoms with van der Waals surface area (Å²) >= 11 is 1.44. The van der Waals surface area contributed by atoms with E-state index in [1.165, 1.54) is 11.3 Å². The Hall–Kier alpha value is -1.92. The number of hydrogen-bond acceptors (Lipinski definition) is 4. The first kappa shape index (κ1) is 13.1. The van der Waals surface area contributed by atoms with Crippen LogP contribution in [0.15, 0.2) is 22.3 Å². The highest BCUT2D eigenvalue weighted by Crippen LogP contribution is 2.28. The molecule has 1 aliphatic heterocycles. The number of carboxylic acid groups (broad SMARTS) is 1. The summed E-state index contributed by atoms with van der Waals surface area (Å²) in [5.41, 5.74) is 1.17. The third kappa shape index (κ3) is 1.88. The first-order chi connectivity index (χ1) is 9.61. The van der Waals surface area contributed by atoms with Gasteiger partial charge >= 0.3 is 5.97 Å². The number of fused-ring (bicyclic) bond motifs is 1. The molecule has 1 aliphatic rings. The molecule has 0 radical (unpaired) electrons. The van der Waals surface area contributed by atoms with E-state index in [4.69, 9.17) is 4.74 Å². The van der Waals surface area contributed by atoms with Crippen molar-refractivity contribution in [3.8, 4) is 10.4 Å². The molecule has 2 aromatic rings. The second-order valence-electron chi connectivity index (χ2n) is 4.60. The van der Waals surface area contributed by atoms with Gasteiger partial charge in [0.15, 0.2) is 0 Å². The highest BCUT2D eigenvalue weighted by molar-refractivity contribution is 7.13. The molecule has 104 valence electrons. The van der Waals surface area contributed by atoms with Crippen molar-refractivity contribution in [1.82, 2.24) is 4.57 Å². The molecule has 20 heavy (non-hydrogen) atoms. The quantitative estimate of drug-likeness (QED) is 0.920. The zero-order valence-corrected chi connectivity index (χ0v) is 11.7. The van der Waals surface area contributed by atoms with Crippen LogP contribution in [0.2, 0.25) is 0 Å². The molecule has 2 aromatic heterocycles. The highest BCUT2D eigenvalue weighted by atomic mass is 32.1. The molecular formula is C14H13NO4S. The van der Waals surface area contributed by atoms with Crippen molar-refractivity contribution < 1.29 is 14.6 Å². The van der Waals surface area contributed by atoms with Crippen LogP contribution in [0.1, 0.15) is 21.7 Å². The molecule has 3 heterocycles. The molecule has 0 amide bonds. The number of carboxylic acids is 1. The molecule has 0 aromatic carbocycles. The maximum Gasteiger partial charge on any atom is 0.341 e. The van der Waals surface area contributed by atoms with E-state index in [1.54, 1.807) is 0 Å². The number of aromatic carboxylic acids is 1. The predicted molar refractivity (Wildman–Crippen MR) is 75.4 cm³/mol. The predicted octanol–water partition coefficient (Wildman–Crippen LogP) is 2.11. The number of thiophene rings is 1. The Labute approximate surface area is 119 Å². The summed E-state index contributed by atoms with van der Waals surface area (Å²) in [5.74, 6) is -1.19. The number of ether oxygens (including phenoxy) is 1. The molecule has 1 N–H and O–H groups in total. The smallest absolute Gasteiger partial charge is 0.341 e. The molecule has 0 fully saturated rings. The van der Waals surface area contributed by atoms with Crippen molar-refractivity contribution in [2.45, 2.75) is 20.1 Å². The SMILES string of the molecule is Cc1c(-c2cccs2)c(=O)c(C(=O)O)c2n1CCOC2. The maximum atomic E-state index is 12.6. The summed E-state index contributed by atoms with van der Waals surface area (Å²) in [7, 11) is 0. The molecule has 3 rings (SSSR count). The van der Waals surface area contributed by atoms with E-state index in [0.717, 1.165) is 10.6 Å².